The molecule has 0 amide bonds. The summed E-state index contributed by atoms with van der Waals surface area (Å²) in [4.78, 5) is 4.17. The van der Waals surface area contributed by atoms with Gasteiger partial charge in [-0.1, -0.05) is 11.6 Å². The van der Waals surface area contributed by atoms with Gasteiger partial charge in [0.05, 0.1) is 6.61 Å². The molecule has 0 fully saturated rings. The van der Waals surface area contributed by atoms with Gasteiger partial charge in [-0.3, -0.25) is 0 Å². The Hall–Kier alpha value is -1.32. The summed E-state index contributed by atoms with van der Waals surface area (Å²) in [7, 11) is 0. The van der Waals surface area contributed by atoms with Crippen LogP contribution in [0.25, 0.3) is 11.5 Å². The Morgan fingerprint density at radius 1 is 1.33 bits per heavy atom. The average Bonchev–Trinajstić information content (AvgIpc) is 2.61. The van der Waals surface area contributed by atoms with Crippen LogP contribution >= 0.6 is 11.6 Å². The molecule has 0 aliphatic rings. The first-order chi connectivity index (χ1) is 7.20. The molecule has 0 atom stereocenters. The Bertz CT molecular complexity index is 462. The Morgan fingerprint density at radius 2 is 2.00 bits per heavy atom. The lowest BCUT2D eigenvalue weighted by Crippen LogP contribution is -1.85. The summed E-state index contributed by atoms with van der Waals surface area (Å²) in [6, 6.07) is 7.20. The van der Waals surface area contributed by atoms with Gasteiger partial charge in [0, 0.05) is 10.6 Å². The van der Waals surface area contributed by atoms with Crippen LogP contribution in [0.1, 0.15) is 11.5 Å². The molecule has 0 saturated heterocycles. The van der Waals surface area contributed by atoms with Crippen molar-refractivity contribution in [3.63, 3.8) is 0 Å². The average molecular weight is 224 g/mol. The first-order valence-electron chi connectivity index (χ1n) is 4.54. The molecule has 4 heteroatoms. The molecule has 15 heavy (non-hydrogen) atoms. The van der Waals surface area contributed by atoms with Gasteiger partial charge in [-0.05, 0) is 31.2 Å². The third-order valence-corrected chi connectivity index (χ3v) is 2.39. The Morgan fingerprint density at radius 3 is 2.53 bits per heavy atom. The van der Waals surface area contributed by atoms with Crippen LogP contribution in [0, 0.1) is 6.92 Å². The lowest BCUT2D eigenvalue weighted by Gasteiger charge is -1.94. The van der Waals surface area contributed by atoms with Crippen molar-refractivity contribution in [2.75, 3.05) is 0 Å². The molecule has 3 nitrogen and oxygen atoms in total. The maximum absolute atomic E-state index is 8.98. The van der Waals surface area contributed by atoms with E-state index in [1.165, 1.54) is 0 Å². The van der Waals surface area contributed by atoms with Crippen molar-refractivity contribution in [2.24, 2.45) is 0 Å². The van der Waals surface area contributed by atoms with E-state index in [4.69, 9.17) is 21.1 Å². The van der Waals surface area contributed by atoms with E-state index < -0.39 is 0 Å². The Balaban J connectivity index is 2.41. The highest BCUT2D eigenvalue weighted by atomic mass is 35.5. The van der Waals surface area contributed by atoms with Gasteiger partial charge in [0.25, 0.3) is 0 Å². The normalized spacial score (nSPS) is 10.6. The maximum Gasteiger partial charge on any atom is 0.226 e. The number of aryl methyl sites for hydroxylation is 1. The third-order valence-electron chi connectivity index (χ3n) is 2.13. The number of aliphatic hydroxyl groups is 1. The van der Waals surface area contributed by atoms with Crippen molar-refractivity contribution in [2.45, 2.75) is 13.5 Å². The fraction of sp³-hybridized carbons (Fsp3) is 0.182. The van der Waals surface area contributed by atoms with Crippen LogP contribution in [0.15, 0.2) is 28.7 Å². The second-order valence-electron chi connectivity index (χ2n) is 3.19. The Labute approximate surface area is 92.3 Å². The van der Waals surface area contributed by atoms with Crippen LogP contribution in [-0.4, -0.2) is 10.1 Å². The summed E-state index contributed by atoms with van der Waals surface area (Å²) in [6.45, 7) is 1.67. The minimum atomic E-state index is -0.108. The van der Waals surface area contributed by atoms with E-state index in [1.54, 1.807) is 19.1 Å². The molecule has 0 bridgehead atoms. The van der Waals surface area contributed by atoms with Gasteiger partial charge < -0.3 is 9.52 Å². The molecule has 0 aliphatic heterocycles. The summed E-state index contributed by atoms with van der Waals surface area (Å²) in [5.74, 6) is 1.15. The number of hydrogen-bond donors (Lipinski definition) is 1. The second-order valence-corrected chi connectivity index (χ2v) is 3.62. The monoisotopic (exact) mass is 223 g/mol. The van der Waals surface area contributed by atoms with Gasteiger partial charge >= 0.3 is 0 Å². The maximum atomic E-state index is 8.98. The standard InChI is InChI=1S/C11H10ClNO2/c1-7-10(6-14)13-11(15-7)8-2-4-9(12)5-3-8/h2-5,14H,6H2,1H3. The smallest absolute Gasteiger partial charge is 0.226 e. The lowest BCUT2D eigenvalue weighted by atomic mass is 10.2. The number of halogens is 1. The summed E-state index contributed by atoms with van der Waals surface area (Å²) < 4.78 is 5.42. The van der Waals surface area contributed by atoms with Gasteiger partial charge in [0.2, 0.25) is 5.89 Å². The molecule has 0 radical (unpaired) electrons. The van der Waals surface area contributed by atoms with Crippen LogP contribution in [0.2, 0.25) is 5.02 Å². The number of rotatable bonds is 2. The minimum Gasteiger partial charge on any atom is -0.441 e. The number of hydrogen-bond acceptors (Lipinski definition) is 3. The summed E-state index contributed by atoms with van der Waals surface area (Å²) in [6.07, 6.45) is 0. The number of benzene rings is 1. The molecule has 1 aromatic carbocycles. The van der Waals surface area contributed by atoms with Crippen molar-refractivity contribution in [1.29, 1.82) is 0 Å². The minimum absolute atomic E-state index is 0.108. The molecule has 1 N–H and O–H groups in total. The lowest BCUT2D eigenvalue weighted by molar-refractivity contribution is 0.275. The first-order valence-corrected chi connectivity index (χ1v) is 4.91. The van der Waals surface area contributed by atoms with E-state index in [0.29, 0.717) is 22.4 Å². The van der Waals surface area contributed by atoms with Crippen LogP contribution in [-0.2, 0) is 6.61 Å². The zero-order chi connectivity index (χ0) is 10.8. The molecule has 0 aliphatic carbocycles. The first kappa shape index (κ1) is 10.2. The molecule has 2 rings (SSSR count). The Kier molecular flexibility index (Phi) is 2.75. The van der Waals surface area contributed by atoms with E-state index in [-0.39, 0.29) is 6.61 Å². The predicted molar refractivity (Wildman–Crippen MR) is 57.6 cm³/mol. The number of aliphatic hydroxyl groups excluding tert-OH is 1. The fourth-order valence-corrected chi connectivity index (χ4v) is 1.42. The quantitative estimate of drug-likeness (QED) is 0.852. The van der Waals surface area contributed by atoms with E-state index in [9.17, 15) is 0 Å². The SMILES string of the molecule is Cc1oc(-c2ccc(Cl)cc2)nc1CO. The summed E-state index contributed by atoms with van der Waals surface area (Å²) in [5.41, 5.74) is 1.42. The molecule has 2 aromatic rings. The van der Waals surface area contributed by atoms with Crippen molar-refractivity contribution in [3.8, 4) is 11.5 Å². The van der Waals surface area contributed by atoms with Crippen molar-refractivity contribution < 1.29 is 9.52 Å². The highest BCUT2D eigenvalue weighted by Crippen LogP contribution is 2.23. The number of nitrogens with zero attached hydrogens (tertiary/aromatic N) is 1. The summed E-state index contributed by atoms with van der Waals surface area (Å²) >= 11 is 5.77. The van der Waals surface area contributed by atoms with Gasteiger partial charge in [0.1, 0.15) is 11.5 Å². The second kappa shape index (κ2) is 4.04. The molecular formula is C11H10ClNO2. The van der Waals surface area contributed by atoms with Crippen molar-refractivity contribution >= 4 is 11.6 Å². The van der Waals surface area contributed by atoms with Crippen LogP contribution in [0.3, 0.4) is 0 Å². The zero-order valence-electron chi connectivity index (χ0n) is 8.20. The highest BCUT2D eigenvalue weighted by Gasteiger charge is 2.09. The number of aromatic nitrogens is 1. The van der Waals surface area contributed by atoms with Gasteiger partial charge in [0.15, 0.2) is 0 Å². The fourth-order valence-electron chi connectivity index (χ4n) is 1.29. The van der Waals surface area contributed by atoms with E-state index in [1.807, 2.05) is 12.1 Å². The molecule has 0 unspecified atom stereocenters. The highest BCUT2D eigenvalue weighted by molar-refractivity contribution is 6.30. The van der Waals surface area contributed by atoms with E-state index in [0.717, 1.165) is 5.56 Å². The van der Waals surface area contributed by atoms with Gasteiger partial charge in [-0.25, -0.2) is 4.98 Å². The topological polar surface area (TPSA) is 46.3 Å². The van der Waals surface area contributed by atoms with Crippen LogP contribution in [0.5, 0.6) is 0 Å². The van der Waals surface area contributed by atoms with E-state index in [2.05, 4.69) is 4.98 Å². The van der Waals surface area contributed by atoms with Crippen LogP contribution < -0.4 is 0 Å². The van der Waals surface area contributed by atoms with Crippen LogP contribution in [0.4, 0.5) is 0 Å². The molecule has 1 aromatic heterocycles. The summed E-state index contributed by atoms with van der Waals surface area (Å²) in [5, 5.41) is 9.65. The molecule has 0 saturated carbocycles. The molecule has 78 valence electrons. The largest absolute Gasteiger partial charge is 0.441 e. The molecular weight excluding hydrogens is 214 g/mol. The van der Waals surface area contributed by atoms with Gasteiger partial charge in [-0.15, -0.1) is 0 Å². The van der Waals surface area contributed by atoms with Crippen molar-refractivity contribution in [3.05, 3.63) is 40.7 Å². The zero-order valence-corrected chi connectivity index (χ0v) is 8.95. The van der Waals surface area contributed by atoms with Crippen molar-refractivity contribution in [1.82, 2.24) is 4.98 Å². The number of oxazole rings is 1. The third kappa shape index (κ3) is 2.03. The van der Waals surface area contributed by atoms with E-state index >= 15 is 0 Å². The molecule has 1 heterocycles. The van der Waals surface area contributed by atoms with Gasteiger partial charge in [-0.2, -0.15) is 0 Å². The predicted octanol–water partition coefficient (Wildman–Crippen LogP) is 2.80. The molecule has 0 spiro atoms.